The van der Waals surface area contributed by atoms with Crippen LogP contribution >= 0.6 is 11.6 Å². The molecule has 46 heavy (non-hydrogen) atoms. The van der Waals surface area contributed by atoms with Gasteiger partial charge in [0.15, 0.2) is 0 Å². The largest absolute Gasteiger partial charge is 0.494 e. The Hall–Kier alpha value is -4.50. The molecule has 16 heteroatoms. The van der Waals surface area contributed by atoms with Crippen LogP contribution in [0.5, 0.6) is 11.5 Å². The predicted molar refractivity (Wildman–Crippen MR) is 154 cm³/mol. The Labute approximate surface area is 262 Å². The van der Waals surface area contributed by atoms with Gasteiger partial charge in [0.05, 0.1) is 24.4 Å². The number of fused-ring (bicyclic) bond motifs is 2. The second-order valence-electron chi connectivity index (χ2n) is 11.5. The minimum absolute atomic E-state index is 0.0689. The SMILES string of the molecule is COc1cc(C(=O)NCC(O)(c2cc3c(c(-c4cccc(F)c4Cl)n2)OC[C@]3(C)C(N)=O)C(F)(F)F)cc2cn(C3(F)CC3)nc12. The molecule has 4 N–H and O–H groups in total. The number of ether oxygens (including phenoxy) is 2. The van der Waals surface area contributed by atoms with Gasteiger partial charge in [-0.3, -0.25) is 9.59 Å². The normalized spacial score (nSPS) is 19.7. The first kappa shape index (κ1) is 31.5. The molecule has 1 unspecified atom stereocenters. The van der Waals surface area contributed by atoms with Crippen molar-refractivity contribution >= 4 is 34.3 Å². The van der Waals surface area contributed by atoms with Crippen LogP contribution in [0.1, 0.15) is 41.4 Å². The van der Waals surface area contributed by atoms with Gasteiger partial charge in [0.25, 0.3) is 5.91 Å². The fraction of sp³-hybridized carbons (Fsp3) is 0.333. The number of aromatic nitrogens is 3. The number of nitrogens with one attached hydrogen (secondary N) is 1. The molecule has 2 amide bonds. The van der Waals surface area contributed by atoms with Crippen LogP contribution in [0.15, 0.2) is 42.6 Å². The summed E-state index contributed by atoms with van der Waals surface area (Å²) >= 11 is 6.15. The van der Waals surface area contributed by atoms with Gasteiger partial charge < -0.3 is 25.6 Å². The van der Waals surface area contributed by atoms with E-state index in [2.05, 4.69) is 15.4 Å². The number of amides is 2. The van der Waals surface area contributed by atoms with Crippen molar-refractivity contribution in [2.75, 3.05) is 20.3 Å². The number of primary amides is 1. The van der Waals surface area contributed by atoms with Crippen LogP contribution in [0.4, 0.5) is 22.0 Å². The second kappa shape index (κ2) is 10.5. The number of halogens is 6. The first-order valence-corrected chi connectivity index (χ1v) is 14.2. The van der Waals surface area contributed by atoms with Gasteiger partial charge in [-0.15, -0.1) is 0 Å². The van der Waals surface area contributed by atoms with Crippen molar-refractivity contribution in [3.8, 4) is 22.8 Å². The van der Waals surface area contributed by atoms with E-state index in [4.69, 9.17) is 26.8 Å². The van der Waals surface area contributed by atoms with Gasteiger partial charge in [0.1, 0.15) is 40.5 Å². The highest BCUT2D eigenvalue weighted by atomic mass is 35.5. The van der Waals surface area contributed by atoms with Gasteiger partial charge in [0.2, 0.25) is 17.3 Å². The summed E-state index contributed by atoms with van der Waals surface area (Å²) in [6, 6.07) is 6.86. The number of alkyl halides is 4. The maximum atomic E-state index is 14.8. The summed E-state index contributed by atoms with van der Waals surface area (Å²) < 4.78 is 85.3. The molecule has 3 heterocycles. The monoisotopic (exact) mass is 665 g/mol. The van der Waals surface area contributed by atoms with Gasteiger partial charge in [0, 0.05) is 41.1 Å². The number of aliphatic hydroxyl groups is 1. The molecule has 0 saturated heterocycles. The average molecular weight is 666 g/mol. The van der Waals surface area contributed by atoms with E-state index in [-0.39, 0.29) is 58.8 Å². The Morgan fingerprint density at radius 1 is 1.24 bits per heavy atom. The number of carbonyl (C=O) groups excluding carboxylic acids is 2. The molecule has 2 aliphatic rings. The Bertz CT molecular complexity index is 1930. The molecular formula is C30H25ClF5N5O5. The zero-order valence-electron chi connectivity index (χ0n) is 24.1. The molecule has 0 spiro atoms. The summed E-state index contributed by atoms with van der Waals surface area (Å²) in [5, 5.41) is 17.3. The molecule has 4 aromatic rings. The minimum atomic E-state index is -5.45. The Kier molecular flexibility index (Phi) is 7.20. The summed E-state index contributed by atoms with van der Waals surface area (Å²) in [7, 11) is 1.28. The van der Waals surface area contributed by atoms with Gasteiger partial charge in [-0.2, -0.15) is 18.3 Å². The van der Waals surface area contributed by atoms with Crippen molar-refractivity contribution in [2.24, 2.45) is 5.73 Å². The van der Waals surface area contributed by atoms with Crippen LogP contribution in [-0.2, 0) is 21.6 Å². The van der Waals surface area contributed by atoms with E-state index in [9.17, 15) is 36.6 Å². The maximum absolute atomic E-state index is 14.8. The van der Waals surface area contributed by atoms with Crippen molar-refractivity contribution in [3.05, 3.63) is 70.3 Å². The number of nitrogens with zero attached hydrogens (tertiary/aromatic N) is 3. The van der Waals surface area contributed by atoms with Crippen molar-refractivity contribution in [1.29, 1.82) is 0 Å². The highest BCUT2D eigenvalue weighted by molar-refractivity contribution is 6.33. The fourth-order valence-electron chi connectivity index (χ4n) is 5.24. The summed E-state index contributed by atoms with van der Waals surface area (Å²) in [5.74, 6) is -4.67. The molecule has 2 aromatic carbocycles. The molecule has 2 atom stereocenters. The van der Waals surface area contributed by atoms with E-state index in [1.807, 2.05) is 0 Å². The maximum Gasteiger partial charge on any atom is 0.424 e. The number of pyridine rings is 1. The van der Waals surface area contributed by atoms with Crippen molar-refractivity contribution in [1.82, 2.24) is 20.1 Å². The molecule has 1 saturated carbocycles. The van der Waals surface area contributed by atoms with Crippen LogP contribution in [0.3, 0.4) is 0 Å². The van der Waals surface area contributed by atoms with Gasteiger partial charge in [-0.05, 0) is 31.2 Å². The zero-order valence-corrected chi connectivity index (χ0v) is 24.9. The third-order valence-corrected chi connectivity index (χ3v) is 8.73. The number of hydrogen-bond donors (Lipinski definition) is 3. The van der Waals surface area contributed by atoms with Crippen LogP contribution in [-0.4, -0.2) is 58.1 Å². The molecule has 1 aliphatic carbocycles. The lowest BCUT2D eigenvalue weighted by molar-refractivity contribution is -0.265. The first-order valence-electron chi connectivity index (χ1n) is 13.8. The summed E-state index contributed by atoms with van der Waals surface area (Å²) in [6.07, 6.45) is -3.59. The van der Waals surface area contributed by atoms with E-state index in [0.29, 0.717) is 5.39 Å². The van der Waals surface area contributed by atoms with E-state index >= 15 is 0 Å². The molecule has 0 radical (unpaired) electrons. The van der Waals surface area contributed by atoms with Crippen LogP contribution < -0.4 is 20.5 Å². The number of nitrogens with two attached hydrogens (primary N) is 1. The predicted octanol–water partition coefficient (Wildman–Crippen LogP) is 4.63. The standard InChI is InChI=1S/C30H25ClF5N5O5/c1-27(26(37)43)13-46-24-17(27)10-20(39-23(24)16-4-3-5-18(32)21(16)31)29(44,30(34,35)36)12-38-25(42)14-8-15-11-41(28(33)6-7-28)40-22(15)19(9-14)45-2/h3-5,8-11,44H,6-7,12-13H2,1-2H3,(H2,37,43)(H,38,42)/t27-,29?/m0/s1. The van der Waals surface area contributed by atoms with Crippen molar-refractivity contribution in [2.45, 2.75) is 42.8 Å². The molecule has 1 fully saturated rings. The highest BCUT2D eigenvalue weighted by Crippen LogP contribution is 2.49. The third-order valence-electron chi connectivity index (χ3n) is 8.35. The molecule has 6 rings (SSSR count). The lowest BCUT2D eigenvalue weighted by Gasteiger charge is -2.31. The van der Waals surface area contributed by atoms with Gasteiger partial charge >= 0.3 is 6.18 Å². The van der Waals surface area contributed by atoms with Crippen molar-refractivity contribution < 1.29 is 46.1 Å². The number of benzene rings is 2. The van der Waals surface area contributed by atoms with E-state index < -0.39 is 57.9 Å². The fourth-order valence-corrected chi connectivity index (χ4v) is 5.46. The van der Waals surface area contributed by atoms with Crippen molar-refractivity contribution in [3.63, 3.8) is 0 Å². The summed E-state index contributed by atoms with van der Waals surface area (Å²) in [6.45, 7) is -0.497. The number of hydrogen-bond acceptors (Lipinski definition) is 7. The third kappa shape index (κ3) is 4.88. The Morgan fingerprint density at radius 3 is 2.59 bits per heavy atom. The number of methoxy groups -OCH3 is 1. The topological polar surface area (TPSA) is 142 Å². The zero-order chi connectivity index (χ0) is 33.4. The first-order chi connectivity index (χ1) is 21.5. The summed E-state index contributed by atoms with van der Waals surface area (Å²) in [5.41, 5.74) is -1.61. The Balaban J connectivity index is 1.42. The minimum Gasteiger partial charge on any atom is -0.494 e. The molecule has 2 aromatic heterocycles. The Morgan fingerprint density at radius 2 is 1.96 bits per heavy atom. The average Bonchev–Trinajstić information content (AvgIpc) is 3.44. The molecular weight excluding hydrogens is 641 g/mol. The molecule has 242 valence electrons. The molecule has 10 nitrogen and oxygen atoms in total. The quantitative estimate of drug-likeness (QED) is 0.233. The second-order valence-corrected chi connectivity index (χ2v) is 11.8. The van der Waals surface area contributed by atoms with Crippen LogP contribution in [0, 0.1) is 5.82 Å². The lowest BCUT2D eigenvalue weighted by Crippen LogP contribution is -2.51. The van der Waals surface area contributed by atoms with Gasteiger partial charge in [-0.1, -0.05) is 23.7 Å². The number of carbonyl (C=O) groups is 2. The van der Waals surface area contributed by atoms with Crippen LogP contribution in [0.2, 0.25) is 5.02 Å². The van der Waals surface area contributed by atoms with Gasteiger partial charge in [-0.25, -0.2) is 18.4 Å². The smallest absolute Gasteiger partial charge is 0.424 e. The lowest BCUT2D eigenvalue weighted by atomic mass is 9.81. The molecule has 1 aliphatic heterocycles. The molecule has 0 bridgehead atoms. The van der Waals surface area contributed by atoms with E-state index in [0.717, 1.165) is 16.8 Å². The van der Waals surface area contributed by atoms with E-state index in [1.54, 1.807) is 0 Å². The highest BCUT2D eigenvalue weighted by Gasteiger charge is 2.58. The number of rotatable bonds is 8. The summed E-state index contributed by atoms with van der Waals surface area (Å²) in [4.78, 5) is 29.7. The van der Waals surface area contributed by atoms with E-state index in [1.165, 1.54) is 44.5 Å². The van der Waals surface area contributed by atoms with Crippen LogP contribution in [0.25, 0.3) is 22.2 Å².